The fraction of sp³-hybridized carbons (Fsp3) is 0.667. The number of nitrogens with zero attached hydrogens (tertiary/aromatic N) is 3. The lowest BCUT2D eigenvalue weighted by molar-refractivity contribution is -0.136. The van der Waals surface area contributed by atoms with Crippen LogP contribution >= 0.6 is 0 Å². The highest BCUT2D eigenvalue weighted by molar-refractivity contribution is 6.02. The van der Waals surface area contributed by atoms with Gasteiger partial charge in [-0.05, 0) is 12.5 Å². The van der Waals surface area contributed by atoms with Crippen LogP contribution in [0.4, 0.5) is 0 Å². The quantitative estimate of drug-likeness (QED) is 0.256. The molecule has 2 unspecified atom stereocenters. The summed E-state index contributed by atoms with van der Waals surface area (Å²) in [6, 6.07) is -1.04. The van der Waals surface area contributed by atoms with Crippen LogP contribution in [0.3, 0.4) is 0 Å². The monoisotopic (exact) mass is 183 g/mol. The van der Waals surface area contributed by atoms with Crippen molar-refractivity contribution < 1.29 is 9.59 Å². The molecule has 0 aromatic heterocycles. The minimum Gasteiger partial charge on any atom is -0.295 e. The molecule has 2 N–H and O–H groups in total. The fourth-order valence-electron chi connectivity index (χ4n) is 1.02. The molecule has 1 heterocycles. The Bertz CT molecular complexity index is 283. The zero-order valence-electron chi connectivity index (χ0n) is 7.02. The molecule has 1 rings (SSSR count). The van der Waals surface area contributed by atoms with Gasteiger partial charge in [0.2, 0.25) is 11.8 Å². The number of hydrogen-bond donors (Lipinski definition) is 2. The van der Waals surface area contributed by atoms with Crippen LogP contribution in [0.2, 0.25) is 0 Å². The van der Waals surface area contributed by atoms with E-state index in [9.17, 15) is 9.59 Å². The number of hydrogen-bond acceptors (Lipinski definition) is 4. The number of carbonyl (C=O) groups is 2. The third-order valence-corrected chi connectivity index (χ3v) is 1.73. The summed E-state index contributed by atoms with van der Waals surface area (Å²) in [5, 5.41) is 8.14. The van der Waals surface area contributed by atoms with Crippen molar-refractivity contribution >= 4 is 11.8 Å². The molecule has 0 spiro atoms. The average molecular weight is 183 g/mol. The van der Waals surface area contributed by atoms with Crippen LogP contribution in [0.1, 0.15) is 6.92 Å². The SMILES string of the molecule is CC1NC(CN=[N+]=[N-])C(=O)NC1=O. The van der Waals surface area contributed by atoms with Gasteiger partial charge in [-0.25, -0.2) is 0 Å². The summed E-state index contributed by atoms with van der Waals surface area (Å²) < 4.78 is 0. The molecule has 0 saturated carbocycles. The number of rotatable bonds is 2. The lowest BCUT2D eigenvalue weighted by Crippen LogP contribution is -2.61. The summed E-state index contributed by atoms with van der Waals surface area (Å²) in [6.45, 7) is 1.64. The van der Waals surface area contributed by atoms with Gasteiger partial charge in [0.15, 0.2) is 0 Å². The number of carbonyl (C=O) groups excluding carboxylic acids is 2. The number of imide groups is 1. The van der Waals surface area contributed by atoms with Crippen molar-refractivity contribution in [3.63, 3.8) is 0 Å². The van der Waals surface area contributed by atoms with Gasteiger partial charge in [0.05, 0.1) is 18.6 Å². The summed E-state index contributed by atoms with van der Waals surface area (Å²) in [4.78, 5) is 24.5. The first-order chi connectivity index (χ1) is 6.15. The normalized spacial score (nSPS) is 27.8. The van der Waals surface area contributed by atoms with Crippen LogP contribution in [-0.2, 0) is 9.59 Å². The van der Waals surface area contributed by atoms with Gasteiger partial charge in [0.25, 0.3) is 0 Å². The van der Waals surface area contributed by atoms with Crippen molar-refractivity contribution in [2.24, 2.45) is 5.11 Å². The van der Waals surface area contributed by atoms with Crippen LogP contribution in [0.5, 0.6) is 0 Å². The first kappa shape index (κ1) is 9.50. The minimum absolute atomic E-state index is 0.0138. The Kier molecular flexibility index (Phi) is 2.84. The second-order valence-electron chi connectivity index (χ2n) is 2.71. The molecular formula is C6H9N5O2. The zero-order chi connectivity index (χ0) is 9.84. The lowest BCUT2D eigenvalue weighted by Gasteiger charge is -2.25. The maximum Gasteiger partial charge on any atom is 0.243 e. The standard InChI is InChI=1S/C6H9N5O2/c1-3-5(12)10-6(13)4(9-3)2-8-11-7/h3-4,9H,2H2,1H3,(H,10,12,13). The molecule has 7 nitrogen and oxygen atoms in total. The van der Waals surface area contributed by atoms with Gasteiger partial charge >= 0.3 is 0 Å². The van der Waals surface area contributed by atoms with Gasteiger partial charge in [0.1, 0.15) is 0 Å². The van der Waals surface area contributed by atoms with E-state index < -0.39 is 18.0 Å². The Labute approximate surface area is 74.1 Å². The molecule has 7 heteroatoms. The highest BCUT2D eigenvalue weighted by Crippen LogP contribution is 1.97. The number of azide groups is 1. The van der Waals surface area contributed by atoms with Gasteiger partial charge in [0, 0.05) is 4.91 Å². The molecule has 2 atom stereocenters. The molecule has 1 aliphatic heterocycles. The molecular weight excluding hydrogens is 174 g/mol. The molecule has 0 aliphatic carbocycles. The summed E-state index contributed by atoms with van der Waals surface area (Å²) in [7, 11) is 0. The Morgan fingerprint density at radius 1 is 1.54 bits per heavy atom. The summed E-state index contributed by atoms with van der Waals surface area (Å²) >= 11 is 0. The van der Waals surface area contributed by atoms with Crippen molar-refractivity contribution in [1.82, 2.24) is 10.6 Å². The Morgan fingerprint density at radius 3 is 2.85 bits per heavy atom. The van der Waals surface area contributed by atoms with Gasteiger partial charge in [-0.3, -0.25) is 20.2 Å². The predicted molar refractivity (Wildman–Crippen MR) is 43.5 cm³/mol. The maximum absolute atomic E-state index is 11.1. The fourth-order valence-corrected chi connectivity index (χ4v) is 1.02. The third kappa shape index (κ3) is 2.17. The van der Waals surface area contributed by atoms with Crippen molar-refractivity contribution in [3.05, 3.63) is 10.4 Å². The molecule has 1 fully saturated rings. The van der Waals surface area contributed by atoms with Crippen LogP contribution < -0.4 is 10.6 Å². The second kappa shape index (κ2) is 3.88. The Morgan fingerprint density at radius 2 is 2.23 bits per heavy atom. The van der Waals surface area contributed by atoms with Crippen molar-refractivity contribution in [2.45, 2.75) is 19.0 Å². The average Bonchev–Trinajstić information content (AvgIpc) is 2.09. The topological polar surface area (TPSA) is 107 Å². The van der Waals surface area contributed by atoms with E-state index in [1.54, 1.807) is 6.92 Å². The van der Waals surface area contributed by atoms with Crippen molar-refractivity contribution in [2.75, 3.05) is 6.54 Å². The third-order valence-electron chi connectivity index (χ3n) is 1.73. The number of amides is 2. The van der Waals surface area contributed by atoms with E-state index in [2.05, 4.69) is 20.7 Å². The first-order valence-corrected chi connectivity index (χ1v) is 3.76. The minimum atomic E-state index is -0.608. The van der Waals surface area contributed by atoms with Gasteiger partial charge in [-0.15, -0.1) is 0 Å². The van der Waals surface area contributed by atoms with Crippen molar-refractivity contribution in [3.8, 4) is 0 Å². The molecule has 0 aromatic carbocycles. The first-order valence-electron chi connectivity index (χ1n) is 3.76. The van der Waals surface area contributed by atoms with Crippen LogP contribution in [0.25, 0.3) is 10.4 Å². The van der Waals surface area contributed by atoms with E-state index in [0.29, 0.717) is 0 Å². The molecule has 2 amide bonds. The summed E-state index contributed by atoms with van der Waals surface area (Å²) in [6.07, 6.45) is 0. The number of nitrogens with one attached hydrogen (secondary N) is 2. The van der Waals surface area contributed by atoms with E-state index in [1.807, 2.05) is 0 Å². The predicted octanol–water partition coefficient (Wildman–Crippen LogP) is -0.700. The van der Waals surface area contributed by atoms with E-state index in [4.69, 9.17) is 5.53 Å². The largest absolute Gasteiger partial charge is 0.295 e. The summed E-state index contributed by atoms with van der Waals surface area (Å²) in [5.41, 5.74) is 8.03. The lowest BCUT2D eigenvalue weighted by atomic mass is 10.1. The van der Waals surface area contributed by atoms with E-state index in [1.165, 1.54) is 0 Å². The van der Waals surface area contributed by atoms with E-state index >= 15 is 0 Å². The molecule has 13 heavy (non-hydrogen) atoms. The second-order valence-corrected chi connectivity index (χ2v) is 2.71. The summed E-state index contributed by atoms with van der Waals surface area (Å²) in [5.74, 6) is -0.808. The molecule has 0 bridgehead atoms. The van der Waals surface area contributed by atoms with Gasteiger partial charge in [-0.2, -0.15) is 0 Å². The van der Waals surface area contributed by atoms with E-state index in [0.717, 1.165) is 0 Å². The van der Waals surface area contributed by atoms with Gasteiger partial charge in [-0.1, -0.05) is 5.11 Å². The molecule has 1 saturated heterocycles. The molecule has 70 valence electrons. The van der Waals surface area contributed by atoms with E-state index in [-0.39, 0.29) is 12.5 Å². The number of piperazine rings is 1. The van der Waals surface area contributed by atoms with Crippen LogP contribution in [0, 0.1) is 0 Å². The molecule has 0 radical (unpaired) electrons. The van der Waals surface area contributed by atoms with Crippen LogP contribution in [0.15, 0.2) is 5.11 Å². The molecule has 1 aliphatic rings. The highest BCUT2D eigenvalue weighted by atomic mass is 16.2. The molecule has 0 aromatic rings. The highest BCUT2D eigenvalue weighted by Gasteiger charge is 2.30. The van der Waals surface area contributed by atoms with Crippen molar-refractivity contribution in [1.29, 1.82) is 0 Å². The van der Waals surface area contributed by atoms with Gasteiger partial charge < -0.3 is 0 Å². The maximum atomic E-state index is 11.1. The van der Waals surface area contributed by atoms with Crippen LogP contribution in [-0.4, -0.2) is 30.4 Å². The smallest absolute Gasteiger partial charge is 0.243 e. The Balaban J connectivity index is 2.61. The zero-order valence-corrected chi connectivity index (χ0v) is 7.02. The Hall–Kier alpha value is -1.59.